The number of nitrogens with zero attached hydrogens (tertiary/aromatic N) is 3. The average Bonchev–Trinajstić information content (AvgIpc) is 2.85. The van der Waals surface area contributed by atoms with Crippen LogP contribution in [0.4, 0.5) is 0 Å². The lowest BCUT2D eigenvalue weighted by Crippen LogP contribution is -2.46. The minimum atomic E-state index is -1.04. The van der Waals surface area contributed by atoms with Crippen LogP contribution in [0, 0.1) is 0 Å². The average molecular weight is 275 g/mol. The molecular formula is C13H13N3O4. The number of rotatable bonds is 4. The lowest BCUT2D eigenvalue weighted by Gasteiger charge is -2.34. The molecule has 7 heteroatoms. The first-order valence-corrected chi connectivity index (χ1v) is 6.10. The fraction of sp³-hybridized carbons (Fsp3) is 0.308. The molecule has 2 heterocycles. The van der Waals surface area contributed by atoms with Crippen LogP contribution < -0.4 is 0 Å². The molecule has 0 atom stereocenters. The van der Waals surface area contributed by atoms with Crippen LogP contribution in [0.3, 0.4) is 0 Å². The molecule has 2 aromatic rings. The number of carboxylic acids is 1. The largest absolute Gasteiger partial charge is 0.478 e. The molecule has 3 rings (SSSR count). The normalized spacial score (nSPS) is 16.6. The van der Waals surface area contributed by atoms with E-state index in [-0.39, 0.29) is 18.8 Å². The third-order valence-electron chi connectivity index (χ3n) is 3.22. The van der Waals surface area contributed by atoms with Gasteiger partial charge in [-0.2, -0.15) is 0 Å². The van der Waals surface area contributed by atoms with Gasteiger partial charge in [0.05, 0.1) is 31.5 Å². The van der Waals surface area contributed by atoms with E-state index in [4.69, 9.17) is 9.84 Å². The molecule has 0 radical (unpaired) electrons. The topological polar surface area (TPSA) is 97.5 Å². The predicted octanol–water partition coefficient (Wildman–Crippen LogP) is 0.242. The summed E-state index contributed by atoms with van der Waals surface area (Å²) in [5, 5.41) is 26.9. The van der Waals surface area contributed by atoms with Crippen molar-refractivity contribution in [1.29, 1.82) is 0 Å². The number of benzene rings is 1. The molecule has 1 aromatic heterocycles. The second-order valence-electron chi connectivity index (χ2n) is 4.83. The van der Waals surface area contributed by atoms with Gasteiger partial charge in [-0.3, -0.25) is 0 Å². The van der Waals surface area contributed by atoms with Gasteiger partial charge in [0.15, 0.2) is 5.60 Å². The molecular weight excluding hydrogens is 262 g/mol. The van der Waals surface area contributed by atoms with Gasteiger partial charge in [0.1, 0.15) is 5.69 Å². The Labute approximate surface area is 114 Å². The van der Waals surface area contributed by atoms with E-state index in [1.165, 1.54) is 6.07 Å². The lowest BCUT2D eigenvalue weighted by atomic mass is 9.99. The second-order valence-corrected chi connectivity index (χ2v) is 4.83. The van der Waals surface area contributed by atoms with Gasteiger partial charge < -0.3 is 14.9 Å². The Hall–Kier alpha value is -2.25. The van der Waals surface area contributed by atoms with E-state index in [2.05, 4.69) is 10.3 Å². The zero-order valence-electron chi connectivity index (χ0n) is 10.6. The van der Waals surface area contributed by atoms with Crippen LogP contribution in [-0.4, -0.2) is 44.4 Å². The maximum Gasteiger partial charge on any atom is 0.335 e. The molecule has 20 heavy (non-hydrogen) atoms. The zero-order valence-corrected chi connectivity index (χ0v) is 10.6. The predicted molar refractivity (Wildman–Crippen MR) is 67.2 cm³/mol. The molecule has 1 fully saturated rings. The maximum atomic E-state index is 10.9. The van der Waals surface area contributed by atoms with Gasteiger partial charge in [0.25, 0.3) is 0 Å². The molecule has 1 aliphatic rings. The van der Waals surface area contributed by atoms with Crippen molar-refractivity contribution in [1.82, 2.24) is 15.0 Å². The van der Waals surface area contributed by atoms with Gasteiger partial charge in [-0.05, 0) is 17.7 Å². The Kier molecular flexibility index (Phi) is 3.00. The van der Waals surface area contributed by atoms with Gasteiger partial charge in [0, 0.05) is 0 Å². The summed E-state index contributed by atoms with van der Waals surface area (Å²) >= 11 is 0. The van der Waals surface area contributed by atoms with Crippen LogP contribution in [0.1, 0.15) is 21.6 Å². The summed E-state index contributed by atoms with van der Waals surface area (Å²) in [6.45, 7) is 0.839. The molecule has 1 aliphatic heterocycles. The minimum absolute atomic E-state index is 0.222. The maximum absolute atomic E-state index is 10.9. The summed E-state index contributed by atoms with van der Waals surface area (Å²) in [7, 11) is 0. The van der Waals surface area contributed by atoms with E-state index in [9.17, 15) is 9.90 Å². The molecule has 0 aliphatic carbocycles. The van der Waals surface area contributed by atoms with E-state index in [1.807, 2.05) is 6.07 Å². The fourth-order valence-electron chi connectivity index (χ4n) is 2.02. The van der Waals surface area contributed by atoms with Crippen LogP contribution in [0.25, 0.3) is 0 Å². The van der Waals surface area contributed by atoms with E-state index in [0.717, 1.165) is 5.56 Å². The molecule has 7 nitrogen and oxygen atoms in total. The van der Waals surface area contributed by atoms with Gasteiger partial charge in [0.2, 0.25) is 0 Å². The number of hydrogen-bond acceptors (Lipinski definition) is 5. The van der Waals surface area contributed by atoms with Crippen LogP contribution in [0.5, 0.6) is 0 Å². The molecule has 0 bridgehead atoms. The summed E-state index contributed by atoms with van der Waals surface area (Å²) < 4.78 is 6.53. The molecule has 1 saturated heterocycles. The third kappa shape index (κ3) is 2.28. The van der Waals surface area contributed by atoms with E-state index < -0.39 is 11.6 Å². The standard InChI is InChI=1S/C13H13N3O4/c17-12(18)10-3-1-2-9(4-10)5-16-6-11(14-15-16)13(19)7-20-8-13/h1-4,6,19H,5,7-8H2,(H,17,18). The smallest absolute Gasteiger partial charge is 0.335 e. The van der Waals surface area contributed by atoms with Crippen molar-refractivity contribution in [3.63, 3.8) is 0 Å². The minimum Gasteiger partial charge on any atom is -0.478 e. The monoisotopic (exact) mass is 275 g/mol. The molecule has 0 amide bonds. The lowest BCUT2D eigenvalue weighted by molar-refractivity contribution is -0.186. The van der Waals surface area contributed by atoms with E-state index >= 15 is 0 Å². The highest BCUT2D eigenvalue weighted by molar-refractivity contribution is 5.87. The summed E-state index contributed by atoms with van der Waals surface area (Å²) in [4.78, 5) is 10.9. The fourth-order valence-corrected chi connectivity index (χ4v) is 2.02. The van der Waals surface area contributed by atoms with Crippen molar-refractivity contribution < 1.29 is 19.7 Å². The second kappa shape index (κ2) is 4.69. The highest BCUT2D eigenvalue weighted by Crippen LogP contribution is 2.27. The molecule has 0 spiro atoms. The van der Waals surface area contributed by atoms with Gasteiger partial charge >= 0.3 is 5.97 Å². The van der Waals surface area contributed by atoms with Crippen LogP contribution >= 0.6 is 0 Å². The number of carbonyl (C=O) groups is 1. The van der Waals surface area contributed by atoms with E-state index in [0.29, 0.717) is 12.2 Å². The Morgan fingerprint density at radius 1 is 1.45 bits per heavy atom. The Bertz CT molecular complexity index is 649. The van der Waals surface area contributed by atoms with Crippen molar-refractivity contribution >= 4 is 5.97 Å². The first kappa shape index (κ1) is 12.8. The molecule has 2 N–H and O–H groups in total. The molecule has 104 valence electrons. The summed E-state index contributed by atoms with van der Waals surface area (Å²) in [5.41, 5.74) is 0.464. The highest BCUT2D eigenvalue weighted by Gasteiger charge is 2.40. The van der Waals surface area contributed by atoms with Crippen LogP contribution in [0.15, 0.2) is 30.5 Å². The van der Waals surface area contributed by atoms with Gasteiger partial charge in [-0.15, -0.1) is 5.10 Å². The molecule has 1 aromatic carbocycles. The molecule has 0 saturated carbocycles. The number of hydrogen-bond donors (Lipinski definition) is 2. The number of ether oxygens (including phenoxy) is 1. The molecule has 0 unspecified atom stereocenters. The van der Waals surface area contributed by atoms with Crippen molar-refractivity contribution in [3.8, 4) is 0 Å². The highest BCUT2D eigenvalue weighted by atomic mass is 16.5. The first-order chi connectivity index (χ1) is 9.57. The quantitative estimate of drug-likeness (QED) is 0.829. The van der Waals surface area contributed by atoms with Crippen molar-refractivity contribution in [3.05, 3.63) is 47.3 Å². The van der Waals surface area contributed by atoms with Crippen LogP contribution in [-0.2, 0) is 16.9 Å². The Morgan fingerprint density at radius 3 is 2.90 bits per heavy atom. The number of aromatic carboxylic acids is 1. The van der Waals surface area contributed by atoms with Crippen molar-refractivity contribution in [2.24, 2.45) is 0 Å². The summed E-state index contributed by atoms with van der Waals surface area (Å²) in [5.74, 6) is -0.966. The number of aromatic nitrogens is 3. The third-order valence-corrected chi connectivity index (χ3v) is 3.22. The van der Waals surface area contributed by atoms with Crippen molar-refractivity contribution in [2.45, 2.75) is 12.1 Å². The van der Waals surface area contributed by atoms with Crippen molar-refractivity contribution in [2.75, 3.05) is 13.2 Å². The zero-order chi connectivity index (χ0) is 14.2. The Balaban J connectivity index is 1.78. The SMILES string of the molecule is O=C(O)c1cccc(Cn2cc(C3(O)COC3)nn2)c1. The first-order valence-electron chi connectivity index (χ1n) is 6.10. The summed E-state index contributed by atoms with van der Waals surface area (Å²) in [6, 6.07) is 6.62. The number of carboxylic acid groups (broad SMARTS) is 1. The van der Waals surface area contributed by atoms with Crippen LogP contribution in [0.2, 0.25) is 0 Å². The Morgan fingerprint density at radius 2 is 2.25 bits per heavy atom. The number of aliphatic hydroxyl groups is 1. The van der Waals surface area contributed by atoms with E-state index in [1.54, 1.807) is 23.0 Å². The summed E-state index contributed by atoms with van der Waals surface area (Å²) in [6.07, 6.45) is 1.65. The van der Waals surface area contributed by atoms with Gasteiger partial charge in [-0.1, -0.05) is 17.3 Å². The van der Waals surface area contributed by atoms with Gasteiger partial charge in [-0.25, -0.2) is 9.48 Å².